The zero-order valence-electron chi connectivity index (χ0n) is 8.17. The fraction of sp³-hybridized carbons (Fsp3) is 0. The van der Waals surface area contributed by atoms with Crippen molar-refractivity contribution in [3.05, 3.63) is 54.4 Å². The first kappa shape index (κ1) is 9.40. The Morgan fingerprint density at radius 2 is 1.87 bits per heavy atom. The third-order valence-corrected chi connectivity index (χ3v) is 1.96. The lowest BCUT2D eigenvalue weighted by Crippen LogP contribution is -1.87. The van der Waals surface area contributed by atoms with Crippen LogP contribution >= 0.6 is 0 Å². The predicted molar refractivity (Wildman–Crippen MR) is 62.3 cm³/mol. The Labute approximate surface area is 88.3 Å². The van der Waals surface area contributed by atoms with E-state index in [0.29, 0.717) is 5.69 Å². The van der Waals surface area contributed by atoms with Crippen molar-refractivity contribution in [2.75, 3.05) is 5.73 Å². The van der Waals surface area contributed by atoms with Crippen LogP contribution in [0.5, 0.6) is 0 Å². The van der Waals surface area contributed by atoms with E-state index in [1.807, 2.05) is 42.5 Å². The Morgan fingerprint density at radius 1 is 1.07 bits per heavy atom. The number of nitrogens with zero attached hydrogens (tertiary/aromatic N) is 2. The van der Waals surface area contributed by atoms with E-state index in [9.17, 15) is 0 Å². The van der Waals surface area contributed by atoms with E-state index in [1.54, 1.807) is 12.4 Å². The van der Waals surface area contributed by atoms with E-state index in [0.717, 1.165) is 11.4 Å². The smallest absolute Gasteiger partial charge is 0.0859 e. The number of nitrogen functional groups attached to an aromatic ring is 1. The second-order valence-electron chi connectivity index (χ2n) is 3.07. The van der Waals surface area contributed by atoms with Gasteiger partial charge < -0.3 is 5.73 Å². The fourth-order valence-corrected chi connectivity index (χ4v) is 1.19. The second-order valence-corrected chi connectivity index (χ2v) is 3.07. The Kier molecular flexibility index (Phi) is 2.74. The number of anilines is 1. The second kappa shape index (κ2) is 4.37. The van der Waals surface area contributed by atoms with Crippen LogP contribution in [-0.2, 0) is 0 Å². The third-order valence-electron chi connectivity index (χ3n) is 1.96. The lowest BCUT2D eigenvalue weighted by molar-refractivity contribution is 1.30. The van der Waals surface area contributed by atoms with Crippen LogP contribution in [0.2, 0.25) is 0 Å². The van der Waals surface area contributed by atoms with Gasteiger partial charge in [-0.1, -0.05) is 18.2 Å². The zero-order valence-corrected chi connectivity index (χ0v) is 8.17. The molecule has 3 heteroatoms. The monoisotopic (exact) mass is 197 g/mol. The van der Waals surface area contributed by atoms with Crippen molar-refractivity contribution in [3.63, 3.8) is 0 Å². The van der Waals surface area contributed by atoms with Crippen molar-refractivity contribution < 1.29 is 0 Å². The summed E-state index contributed by atoms with van der Waals surface area (Å²) in [5.74, 6) is 0. The number of aromatic nitrogens is 1. The highest BCUT2D eigenvalue weighted by molar-refractivity contribution is 5.81. The molecule has 0 amide bonds. The number of para-hydroxylation sites is 2. The largest absolute Gasteiger partial charge is 0.397 e. The molecule has 2 rings (SSSR count). The summed E-state index contributed by atoms with van der Waals surface area (Å²) in [6.45, 7) is 0. The summed E-state index contributed by atoms with van der Waals surface area (Å²) in [6.07, 6.45) is 3.43. The molecule has 0 spiro atoms. The van der Waals surface area contributed by atoms with Gasteiger partial charge in [0.05, 0.1) is 23.3 Å². The molecule has 0 radical (unpaired) electrons. The first-order valence-electron chi connectivity index (χ1n) is 4.66. The molecule has 3 nitrogen and oxygen atoms in total. The van der Waals surface area contributed by atoms with Gasteiger partial charge >= 0.3 is 0 Å². The lowest BCUT2D eigenvalue weighted by atomic mass is 10.3. The zero-order chi connectivity index (χ0) is 10.5. The molecule has 1 aromatic heterocycles. The van der Waals surface area contributed by atoms with Gasteiger partial charge in [-0.2, -0.15) is 0 Å². The van der Waals surface area contributed by atoms with E-state index >= 15 is 0 Å². The topological polar surface area (TPSA) is 51.3 Å². The minimum atomic E-state index is 0.671. The molecule has 0 unspecified atom stereocenters. The third kappa shape index (κ3) is 2.40. The number of hydrogen-bond donors (Lipinski definition) is 1. The summed E-state index contributed by atoms with van der Waals surface area (Å²) in [5, 5.41) is 0. The molecular weight excluding hydrogens is 186 g/mol. The Morgan fingerprint density at radius 3 is 2.60 bits per heavy atom. The van der Waals surface area contributed by atoms with Crippen LogP contribution in [0, 0.1) is 0 Å². The minimum Gasteiger partial charge on any atom is -0.397 e. The molecule has 0 fully saturated rings. The molecule has 0 saturated heterocycles. The van der Waals surface area contributed by atoms with Gasteiger partial charge in [0.25, 0.3) is 0 Å². The molecule has 0 atom stereocenters. The minimum absolute atomic E-state index is 0.671. The first-order chi connectivity index (χ1) is 7.36. The van der Waals surface area contributed by atoms with Crippen LogP contribution in [-0.4, -0.2) is 11.2 Å². The van der Waals surface area contributed by atoms with Crippen LogP contribution in [0.4, 0.5) is 11.4 Å². The molecule has 0 bridgehead atoms. The van der Waals surface area contributed by atoms with Gasteiger partial charge in [-0.25, -0.2) is 0 Å². The molecule has 1 heterocycles. The molecular formula is C12H11N3. The molecule has 2 aromatic rings. The molecule has 1 aromatic carbocycles. The van der Waals surface area contributed by atoms with Crippen molar-refractivity contribution in [1.29, 1.82) is 0 Å². The van der Waals surface area contributed by atoms with Crippen molar-refractivity contribution >= 4 is 17.6 Å². The number of rotatable bonds is 2. The van der Waals surface area contributed by atoms with Crippen molar-refractivity contribution in [2.24, 2.45) is 4.99 Å². The van der Waals surface area contributed by atoms with Gasteiger partial charge in [-0.15, -0.1) is 0 Å². The summed E-state index contributed by atoms with van der Waals surface area (Å²) < 4.78 is 0. The van der Waals surface area contributed by atoms with Gasteiger partial charge in [0, 0.05) is 6.20 Å². The van der Waals surface area contributed by atoms with Gasteiger partial charge in [-0.05, 0) is 24.3 Å². The predicted octanol–water partition coefficient (Wildman–Crippen LogP) is 2.41. The van der Waals surface area contributed by atoms with E-state index in [1.165, 1.54) is 0 Å². The maximum absolute atomic E-state index is 5.75. The lowest BCUT2D eigenvalue weighted by Gasteiger charge is -1.97. The van der Waals surface area contributed by atoms with E-state index in [-0.39, 0.29) is 0 Å². The average molecular weight is 197 g/mol. The highest BCUT2D eigenvalue weighted by atomic mass is 14.8. The molecule has 0 saturated carbocycles. The molecule has 0 aliphatic carbocycles. The van der Waals surface area contributed by atoms with Crippen LogP contribution in [0.25, 0.3) is 0 Å². The summed E-state index contributed by atoms with van der Waals surface area (Å²) in [6, 6.07) is 13.2. The number of nitrogens with two attached hydrogens (primary N) is 1. The van der Waals surface area contributed by atoms with E-state index in [4.69, 9.17) is 5.73 Å². The van der Waals surface area contributed by atoms with Gasteiger partial charge in [0.15, 0.2) is 0 Å². The Balaban J connectivity index is 2.23. The summed E-state index contributed by atoms with van der Waals surface area (Å²) >= 11 is 0. The summed E-state index contributed by atoms with van der Waals surface area (Å²) in [5.41, 5.74) is 8.01. The summed E-state index contributed by atoms with van der Waals surface area (Å²) in [7, 11) is 0. The molecule has 0 aliphatic heterocycles. The van der Waals surface area contributed by atoms with Gasteiger partial charge in [0.1, 0.15) is 0 Å². The maximum atomic E-state index is 5.75. The highest BCUT2D eigenvalue weighted by Gasteiger charge is 1.93. The normalized spacial score (nSPS) is 10.7. The van der Waals surface area contributed by atoms with Crippen molar-refractivity contribution in [3.8, 4) is 0 Å². The van der Waals surface area contributed by atoms with E-state index in [2.05, 4.69) is 9.98 Å². The molecule has 0 aliphatic rings. The standard InChI is InChI=1S/C12H11N3/c13-11-6-1-2-7-12(11)15-9-10-5-3-4-8-14-10/h1-9H,13H2. The van der Waals surface area contributed by atoms with Crippen molar-refractivity contribution in [2.45, 2.75) is 0 Å². The van der Waals surface area contributed by atoms with Crippen LogP contribution in [0.15, 0.2) is 53.7 Å². The SMILES string of the molecule is Nc1ccccc1N=Cc1ccccn1. The Bertz CT molecular complexity index is 463. The summed E-state index contributed by atoms with van der Waals surface area (Å²) in [4.78, 5) is 8.40. The fourth-order valence-electron chi connectivity index (χ4n) is 1.19. The molecule has 15 heavy (non-hydrogen) atoms. The maximum Gasteiger partial charge on any atom is 0.0859 e. The number of aliphatic imine (C=N–C) groups is 1. The van der Waals surface area contributed by atoms with Crippen molar-refractivity contribution in [1.82, 2.24) is 4.98 Å². The quantitative estimate of drug-likeness (QED) is 0.593. The highest BCUT2D eigenvalue weighted by Crippen LogP contribution is 2.19. The van der Waals surface area contributed by atoms with Crippen LogP contribution in [0.1, 0.15) is 5.69 Å². The molecule has 74 valence electrons. The number of pyridine rings is 1. The van der Waals surface area contributed by atoms with Gasteiger partial charge in [0.2, 0.25) is 0 Å². The first-order valence-corrected chi connectivity index (χ1v) is 4.66. The van der Waals surface area contributed by atoms with Gasteiger partial charge in [-0.3, -0.25) is 9.98 Å². The average Bonchev–Trinajstić information content (AvgIpc) is 2.29. The number of benzene rings is 1. The molecule has 2 N–H and O–H groups in total. The van der Waals surface area contributed by atoms with Crippen LogP contribution in [0.3, 0.4) is 0 Å². The van der Waals surface area contributed by atoms with E-state index < -0.39 is 0 Å². The number of hydrogen-bond acceptors (Lipinski definition) is 3. The van der Waals surface area contributed by atoms with Crippen LogP contribution < -0.4 is 5.73 Å². The Hall–Kier alpha value is -2.16.